The predicted molar refractivity (Wildman–Crippen MR) is 103 cm³/mol. The minimum atomic E-state index is -1.93. The summed E-state index contributed by atoms with van der Waals surface area (Å²) in [4.78, 5) is 26.6. The zero-order valence-corrected chi connectivity index (χ0v) is 18.1. The maximum Gasteiger partial charge on any atom is 0.411 e. The molecule has 6 heteroatoms. The summed E-state index contributed by atoms with van der Waals surface area (Å²) in [6.45, 7) is 20.8. The van der Waals surface area contributed by atoms with Gasteiger partial charge >= 0.3 is 12.1 Å². The van der Waals surface area contributed by atoms with Gasteiger partial charge in [-0.25, -0.2) is 9.59 Å². The lowest BCUT2D eigenvalue weighted by molar-refractivity contribution is -0.149. The van der Waals surface area contributed by atoms with Crippen LogP contribution in [0.1, 0.15) is 54.4 Å². The minimum Gasteiger partial charge on any atom is -0.461 e. The van der Waals surface area contributed by atoms with Crippen molar-refractivity contribution in [3.8, 4) is 0 Å². The number of carbonyl (C=O) groups excluding carboxylic acids is 2. The molecular formula is C19H35NO4Si. The van der Waals surface area contributed by atoms with Gasteiger partial charge in [0.15, 0.2) is 0 Å². The van der Waals surface area contributed by atoms with Gasteiger partial charge in [0.2, 0.25) is 0 Å². The van der Waals surface area contributed by atoms with Crippen LogP contribution in [0.2, 0.25) is 18.1 Å². The topological polar surface area (TPSA) is 55.8 Å². The standard InChI is InChI=1S/C19H35NO4Si/c1-10-15(25(8,9)19(5,6)7)23-16(21)14-12-11-13-20(14)17(22)24-18(2,3)4/h10,14-15H,1,11-13H2,2-9H3/t14-,15-/m0/s1. The number of rotatable bonds is 4. The Morgan fingerprint density at radius 2 is 1.76 bits per heavy atom. The van der Waals surface area contributed by atoms with Crippen LogP contribution < -0.4 is 0 Å². The average Bonchev–Trinajstić information content (AvgIpc) is 2.90. The zero-order valence-electron chi connectivity index (χ0n) is 17.1. The largest absolute Gasteiger partial charge is 0.461 e. The van der Waals surface area contributed by atoms with E-state index in [0.29, 0.717) is 13.0 Å². The highest BCUT2D eigenvalue weighted by Gasteiger charge is 2.45. The fourth-order valence-electron chi connectivity index (χ4n) is 2.67. The van der Waals surface area contributed by atoms with Crippen molar-refractivity contribution in [3.05, 3.63) is 12.7 Å². The van der Waals surface area contributed by atoms with E-state index in [2.05, 4.69) is 40.4 Å². The first kappa shape index (κ1) is 21.7. The molecule has 0 bridgehead atoms. The summed E-state index contributed by atoms with van der Waals surface area (Å²) in [5, 5.41) is 0.0622. The highest BCUT2D eigenvalue weighted by Crippen LogP contribution is 2.39. The molecule has 1 aliphatic rings. The molecule has 2 atom stereocenters. The second-order valence-corrected chi connectivity index (χ2v) is 14.9. The lowest BCUT2D eigenvalue weighted by Crippen LogP contribution is -2.52. The summed E-state index contributed by atoms with van der Waals surface area (Å²) in [6, 6.07) is -0.568. The molecule has 1 aliphatic heterocycles. The van der Waals surface area contributed by atoms with Gasteiger partial charge in [-0.1, -0.05) is 46.5 Å². The van der Waals surface area contributed by atoms with Gasteiger partial charge in [0.1, 0.15) is 25.4 Å². The monoisotopic (exact) mass is 369 g/mol. The van der Waals surface area contributed by atoms with Crippen LogP contribution in [0.4, 0.5) is 4.79 Å². The number of carbonyl (C=O) groups is 2. The van der Waals surface area contributed by atoms with Crippen molar-refractivity contribution >= 4 is 20.1 Å². The Kier molecular flexibility index (Phi) is 6.54. The van der Waals surface area contributed by atoms with Crippen molar-refractivity contribution < 1.29 is 19.1 Å². The molecule has 0 aromatic heterocycles. The molecular weight excluding hydrogens is 334 g/mol. The molecule has 144 valence electrons. The number of amides is 1. The second kappa shape index (κ2) is 7.52. The summed E-state index contributed by atoms with van der Waals surface area (Å²) in [6.07, 6.45) is 2.67. The Labute approximate surface area is 153 Å². The quantitative estimate of drug-likeness (QED) is 0.415. The summed E-state index contributed by atoms with van der Waals surface area (Å²) >= 11 is 0. The van der Waals surface area contributed by atoms with Crippen LogP contribution in [0, 0.1) is 0 Å². The van der Waals surface area contributed by atoms with Gasteiger partial charge in [0.05, 0.1) is 0 Å². The molecule has 0 spiro atoms. The van der Waals surface area contributed by atoms with Gasteiger partial charge in [-0.05, 0) is 38.7 Å². The van der Waals surface area contributed by atoms with E-state index in [1.165, 1.54) is 4.90 Å². The first-order chi connectivity index (χ1) is 11.2. The summed E-state index contributed by atoms with van der Waals surface area (Å²) in [5.41, 5.74) is -0.875. The van der Waals surface area contributed by atoms with Crippen molar-refractivity contribution in [2.24, 2.45) is 0 Å². The van der Waals surface area contributed by atoms with Crippen LogP contribution >= 0.6 is 0 Å². The third-order valence-electron chi connectivity index (χ3n) is 5.25. The van der Waals surface area contributed by atoms with Gasteiger partial charge in [0.25, 0.3) is 0 Å². The zero-order chi connectivity index (χ0) is 19.6. The van der Waals surface area contributed by atoms with Crippen molar-refractivity contribution in [1.29, 1.82) is 0 Å². The van der Waals surface area contributed by atoms with E-state index >= 15 is 0 Å². The molecule has 0 saturated carbocycles. The fraction of sp³-hybridized carbons (Fsp3) is 0.789. The Bertz CT molecular complexity index is 516. The smallest absolute Gasteiger partial charge is 0.411 e. The fourth-order valence-corrected chi connectivity index (χ4v) is 4.52. The first-order valence-electron chi connectivity index (χ1n) is 9.03. The second-order valence-electron chi connectivity index (χ2n) is 9.40. The molecule has 1 saturated heterocycles. The Hall–Kier alpha value is -1.30. The van der Waals surface area contributed by atoms with Gasteiger partial charge < -0.3 is 9.47 Å². The number of esters is 1. The predicted octanol–water partition coefficient (Wildman–Crippen LogP) is 4.53. The van der Waals surface area contributed by atoms with E-state index in [-0.39, 0.29) is 16.7 Å². The molecule has 0 aromatic rings. The molecule has 0 aromatic carbocycles. The maximum absolute atomic E-state index is 12.8. The molecule has 1 fully saturated rings. The van der Waals surface area contributed by atoms with Gasteiger partial charge in [0, 0.05) is 6.54 Å². The Balaban J connectivity index is 2.87. The lowest BCUT2D eigenvalue weighted by Gasteiger charge is -2.41. The third kappa shape index (κ3) is 5.33. The lowest BCUT2D eigenvalue weighted by atomic mass is 10.2. The number of hydrogen-bond acceptors (Lipinski definition) is 4. The van der Waals surface area contributed by atoms with Crippen molar-refractivity contribution in [3.63, 3.8) is 0 Å². The average molecular weight is 370 g/mol. The highest BCUT2D eigenvalue weighted by molar-refractivity contribution is 6.81. The van der Waals surface area contributed by atoms with Crippen LogP contribution in [0.5, 0.6) is 0 Å². The summed E-state index contributed by atoms with van der Waals surface area (Å²) in [7, 11) is -1.93. The van der Waals surface area contributed by atoms with Crippen LogP contribution in [0.3, 0.4) is 0 Å². The van der Waals surface area contributed by atoms with E-state index in [0.717, 1.165) is 6.42 Å². The number of hydrogen-bond donors (Lipinski definition) is 0. The third-order valence-corrected chi connectivity index (χ3v) is 10.9. The maximum atomic E-state index is 12.8. The normalized spacial score (nSPS) is 20.2. The van der Waals surface area contributed by atoms with E-state index < -0.39 is 25.8 Å². The number of nitrogens with zero attached hydrogens (tertiary/aromatic N) is 1. The number of ether oxygens (including phenoxy) is 2. The van der Waals surface area contributed by atoms with Crippen molar-refractivity contribution in [2.45, 2.75) is 89.9 Å². The SMILES string of the molecule is C=C[C@@H](OC(=O)[C@@H]1CCCN1C(=O)OC(C)(C)C)[Si](C)(C)C(C)(C)C. The minimum absolute atomic E-state index is 0.0622. The molecule has 1 rings (SSSR count). The van der Waals surface area contributed by atoms with Crippen molar-refractivity contribution in [2.75, 3.05) is 6.54 Å². The van der Waals surface area contributed by atoms with Crippen LogP contribution in [0.15, 0.2) is 12.7 Å². The molecule has 0 N–H and O–H groups in total. The molecule has 0 radical (unpaired) electrons. The van der Waals surface area contributed by atoms with E-state index in [1.807, 2.05) is 20.8 Å². The van der Waals surface area contributed by atoms with Gasteiger partial charge in [-0.2, -0.15) is 0 Å². The van der Waals surface area contributed by atoms with Crippen molar-refractivity contribution in [1.82, 2.24) is 4.90 Å². The number of likely N-dealkylation sites (tertiary alicyclic amines) is 1. The van der Waals surface area contributed by atoms with E-state index in [1.54, 1.807) is 6.08 Å². The Morgan fingerprint density at radius 3 is 2.20 bits per heavy atom. The molecule has 0 unspecified atom stereocenters. The summed E-state index contributed by atoms with van der Waals surface area (Å²) < 4.78 is 11.3. The first-order valence-corrected chi connectivity index (χ1v) is 12.1. The Morgan fingerprint density at radius 1 is 1.20 bits per heavy atom. The molecule has 1 amide bonds. The van der Waals surface area contributed by atoms with Gasteiger partial charge in [-0.15, -0.1) is 0 Å². The van der Waals surface area contributed by atoms with Crippen LogP contribution in [0.25, 0.3) is 0 Å². The molecule has 1 heterocycles. The molecule has 5 nitrogen and oxygen atoms in total. The molecule has 25 heavy (non-hydrogen) atoms. The van der Waals surface area contributed by atoms with Crippen LogP contribution in [-0.4, -0.2) is 49.0 Å². The van der Waals surface area contributed by atoms with Crippen LogP contribution in [-0.2, 0) is 14.3 Å². The van der Waals surface area contributed by atoms with E-state index in [4.69, 9.17) is 9.47 Å². The molecule has 0 aliphatic carbocycles. The van der Waals surface area contributed by atoms with E-state index in [9.17, 15) is 9.59 Å². The van der Waals surface area contributed by atoms with Gasteiger partial charge in [-0.3, -0.25) is 4.90 Å². The highest BCUT2D eigenvalue weighted by atomic mass is 28.3. The summed E-state index contributed by atoms with van der Waals surface area (Å²) in [5.74, 6) is -0.349.